The van der Waals surface area contributed by atoms with Crippen LogP contribution in [-0.4, -0.2) is 33.8 Å². The summed E-state index contributed by atoms with van der Waals surface area (Å²) >= 11 is 0. The molecule has 0 saturated heterocycles. The maximum Gasteiger partial charge on any atom is 0.389 e. The highest BCUT2D eigenvalue weighted by Gasteiger charge is 2.26. The second kappa shape index (κ2) is 6.03. The maximum atomic E-state index is 11.8. The molecule has 0 spiro atoms. The first kappa shape index (κ1) is 14.0. The van der Waals surface area contributed by atoms with Crippen LogP contribution in [0.15, 0.2) is 17.5 Å². The van der Waals surface area contributed by atoms with Crippen LogP contribution in [-0.2, 0) is 0 Å². The molecule has 1 heterocycles. The van der Waals surface area contributed by atoms with E-state index >= 15 is 0 Å². The van der Waals surface area contributed by atoms with E-state index in [-0.39, 0.29) is 30.4 Å². The van der Waals surface area contributed by atoms with Crippen LogP contribution in [0.25, 0.3) is 0 Å². The lowest BCUT2D eigenvalue weighted by Gasteiger charge is -2.07. The quantitative estimate of drug-likeness (QED) is 0.275. The highest BCUT2D eigenvalue weighted by Crippen LogP contribution is 2.21. The fraction of sp³-hybridized carbons (Fsp3) is 0.444. The normalized spacial score (nSPS) is 12.5. The predicted molar refractivity (Wildman–Crippen MR) is 55.3 cm³/mol. The smallest absolute Gasteiger partial charge is 0.389 e. The minimum Gasteiger partial charge on any atom is -0.477 e. The van der Waals surface area contributed by atoms with E-state index in [0.717, 1.165) is 0 Å². The molecule has 9 heteroatoms. The fourth-order valence-corrected chi connectivity index (χ4v) is 1.02. The summed E-state index contributed by atoms with van der Waals surface area (Å²) in [6.07, 6.45) is -2.89. The van der Waals surface area contributed by atoms with Gasteiger partial charge in [0.2, 0.25) is 5.88 Å². The summed E-state index contributed by atoms with van der Waals surface area (Å²) in [6.45, 7) is -0.114. The Morgan fingerprint density at radius 2 is 2.11 bits per heavy atom. The Morgan fingerprint density at radius 1 is 1.39 bits per heavy atom. The number of rotatable bonds is 5. The van der Waals surface area contributed by atoms with E-state index in [4.69, 9.17) is 15.7 Å². The molecule has 18 heavy (non-hydrogen) atoms. The van der Waals surface area contributed by atoms with Gasteiger partial charge >= 0.3 is 6.18 Å². The van der Waals surface area contributed by atoms with Gasteiger partial charge in [-0.05, 0) is 6.42 Å². The van der Waals surface area contributed by atoms with E-state index < -0.39 is 12.6 Å². The molecule has 1 rings (SSSR count). The van der Waals surface area contributed by atoms with Crippen LogP contribution >= 0.6 is 0 Å². The molecule has 0 amide bonds. The standard InChI is InChI=1S/C9H11F3N4O2/c10-9(11,12)2-1-3-18-7-5-14-6(4-15-7)8(13)16-17/h4-5,17H,1-3H2,(H2,13,16). The molecule has 0 aliphatic rings. The molecule has 100 valence electrons. The lowest BCUT2D eigenvalue weighted by Crippen LogP contribution is -2.15. The average Bonchev–Trinajstić information content (AvgIpc) is 2.33. The lowest BCUT2D eigenvalue weighted by atomic mass is 10.3. The Balaban J connectivity index is 2.40. The van der Waals surface area contributed by atoms with Crippen LogP contribution in [0.5, 0.6) is 5.88 Å². The van der Waals surface area contributed by atoms with Crippen molar-refractivity contribution in [2.75, 3.05) is 6.61 Å². The van der Waals surface area contributed by atoms with Crippen LogP contribution in [0.3, 0.4) is 0 Å². The third kappa shape index (κ3) is 4.85. The van der Waals surface area contributed by atoms with Gasteiger partial charge in [-0.1, -0.05) is 5.16 Å². The number of ether oxygens (including phenoxy) is 1. The van der Waals surface area contributed by atoms with Crippen LogP contribution < -0.4 is 10.5 Å². The molecule has 0 aromatic carbocycles. The Morgan fingerprint density at radius 3 is 2.61 bits per heavy atom. The van der Waals surface area contributed by atoms with Crippen LogP contribution in [0.2, 0.25) is 0 Å². The molecule has 0 aliphatic heterocycles. The molecule has 0 fully saturated rings. The number of oxime groups is 1. The van der Waals surface area contributed by atoms with Crippen molar-refractivity contribution in [3.8, 4) is 5.88 Å². The SMILES string of the molecule is NC(=NO)c1cnc(OCCCC(F)(F)F)cn1. The predicted octanol–water partition coefficient (Wildman–Crippen LogP) is 1.29. The van der Waals surface area contributed by atoms with Crippen molar-refractivity contribution < 1.29 is 23.1 Å². The van der Waals surface area contributed by atoms with E-state index in [1.807, 2.05) is 0 Å². The first-order valence-electron chi connectivity index (χ1n) is 4.92. The Labute approximate surface area is 100 Å². The highest BCUT2D eigenvalue weighted by molar-refractivity contribution is 5.94. The van der Waals surface area contributed by atoms with Gasteiger partial charge in [-0.3, -0.25) is 0 Å². The lowest BCUT2D eigenvalue weighted by molar-refractivity contribution is -0.136. The number of aromatic nitrogens is 2. The summed E-state index contributed by atoms with van der Waals surface area (Å²) in [5.74, 6) is -0.141. The number of halogens is 3. The summed E-state index contributed by atoms with van der Waals surface area (Å²) in [5, 5.41) is 11.1. The van der Waals surface area contributed by atoms with E-state index in [1.54, 1.807) is 0 Å². The molecule has 3 N–H and O–H groups in total. The van der Waals surface area contributed by atoms with Gasteiger partial charge in [0.25, 0.3) is 0 Å². The number of alkyl halides is 3. The summed E-state index contributed by atoms with van der Waals surface area (Å²) in [7, 11) is 0. The minimum absolute atomic E-state index is 0.0756. The summed E-state index contributed by atoms with van der Waals surface area (Å²) in [6, 6.07) is 0. The number of hydrogen-bond donors (Lipinski definition) is 2. The molecule has 0 bridgehead atoms. The molecule has 0 radical (unpaired) electrons. The average molecular weight is 264 g/mol. The van der Waals surface area contributed by atoms with Crippen LogP contribution in [0, 0.1) is 0 Å². The number of amidine groups is 1. The minimum atomic E-state index is -4.19. The largest absolute Gasteiger partial charge is 0.477 e. The zero-order valence-electron chi connectivity index (χ0n) is 9.18. The van der Waals surface area contributed by atoms with Crippen molar-refractivity contribution in [1.29, 1.82) is 0 Å². The van der Waals surface area contributed by atoms with Gasteiger partial charge in [0, 0.05) is 6.42 Å². The molecule has 0 atom stereocenters. The highest BCUT2D eigenvalue weighted by atomic mass is 19.4. The molecular weight excluding hydrogens is 253 g/mol. The van der Waals surface area contributed by atoms with Crippen LogP contribution in [0.1, 0.15) is 18.5 Å². The second-order valence-corrected chi connectivity index (χ2v) is 3.29. The molecule has 1 aromatic heterocycles. The van der Waals surface area contributed by atoms with Crippen molar-refractivity contribution in [1.82, 2.24) is 9.97 Å². The van der Waals surface area contributed by atoms with Gasteiger partial charge in [0.05, 0.1) is 19.0 Å². The van der Waals surface area contributed by atoms with Gasteiger partial charge in [0.1, 0.15) is 5.69 Å². The molecule has 0 saturated carbocycles. The van der Waals surface area contributed by atoms with Gasteiger partial charge in [0.15, 0.2) is 5.84 Å². The van der Waals surface area contributed by atoms with Gasteiger partial charge in [-0.25, -0.2) is 9.97 Å². The molecular formula is C9H11F3N4O2. The van der Waals surface area contributed by atoms with Crippen molar-refractivity contribution in [3.05, 3.63) is 18.1 Å². The fourth-order valence-electron chi connectivity index (χ4n) is 1.02. The first-order chi connectivity index (χ1) is 8.42. The zero-order chi connectivity index (χ0) is 13.6. The van der Waals surface area contributed by atoms with Crippen LogP contribution in [0.4, 0.5) is 13.2 Å². The van der Waals surface area contributed by atoms with Gasteiger partial charge in [-0.15, -0.1) is 0 Å². The van der Waals surface area contributed by atoms with Crippen molar-refractivity contribution in [3.63, 3.8) is 0 Å². The zero-order valence-corrected chi connectivity index (χ0v) is 9.18. The third-order valence-electron chi connectivity index (χ3n) is 1.85. The Kier molecular flexibility index (Phi) is 4.69. The summed E-state index contributed by atoms with van der Waals surface area (Å²) in [4.78, 5) is 7.50. The first-order valence-corrected chi connectivity index (χ1v) is 4.92. The van der Waals surface area contributed by atoms with Crippen molar-refractivity contribution >= 4 is 5.84 Å². The third-order valence-corrected chi connectivity index (χ3v) is 1.85. The van der Waals surface area contributed by atoms with Crippen molar-refractivity contribution in [2.45, 2.75) is 19.0 Å². The molecule has 0 aliphatic carbocycles. The van der Waals surface area contributed by atoms with E-state index in [9.17, 15) is 13.2 Å². The number of nitrogens with zero attached hydrogens (tertiary/aromatic N) is 3. The second-order valence-electron chi connectivity index (χ2n) is 3.29. The van der Waals surface area contributed by atoms with Gasteiger partial charge in [-0.2, -0.15) is 13.2 Å². The number of nitrogens with two attached hydrogens (primary N) is 1. The Bertz CT molecular complexity index is 405. The maximum absolute atomic E-state index is 11.8. The number of hydrogen-bond acceptors (Lipinski definition) is 5. The monoisotopic (exact) mass is 264 g/mol. The Hall–Kier alpha value is -2.06. The topological polar surface area (TPSA) is 93.6 Å². The molecule has 6 nitrogen and oxygen atoms in total. The molecule has 0 unspecified atom stereocenters. The summed E-state index contributed by atoms with van der Waals surface area (Å²) in [5.41, 5.74) is 5.38. The van der Waals surface area contributed by atoms with Gasteiger partial charge < -0.3 is 15.7 Å². The van der Waals surface area contributed by atoms with E-state index in [1.165, 1.54) is 12.4 Å². The van der Waals surface area contributed by atoms with E-state index in [2.05, 4.69) is 15.1 Å². The van der Waals surface area contributed by atoms with Crippen molar-refractivity contribution in [2.24, 2.45) is 10.9 Å². The molecule has 1 aromatic rings. The summed E-state index contributed by atoms with van der Waals surface area (Å²) < 4.78 is 40.4. The van der Waals surface area contributed by atoms with E-state index in [0.29, 0.717) is 0 Å².